The Morgan fingerprint density at radius 3 is 2.71 bits per heavy atom. The Kier molecular flexibility index (Phi) is 5.88. The Labute approximate surface area is 171 Å². The summed E-state index contributed by atoms with van der Waals surface area (Å²) in [4.78, 5) is 10.8. The molecule has 8 heteroatoms. The van der Waals surface area contributed by atoms with Crippen LogP contribution >= 0.6 is 15.9 Å². The molecule has 0 radical (unpaired) electrons. The molecule has 1 aromatic heterocycles. The highest BCUT2D eigenvalue weighted by Gasteiger charge is 2.17. The van der Waals surface area contributed by atoms with Crippen molar-refractivity contribution in [3.63, 3.8) is 0 Å². The summed E-state index contributed by atoms with van der Waals surface area (Å²) in [6.07, 6.45) is 0. The van der Waals surface area contributed by atoms with Crippen LogP contribution in [-0.2, 0) is 17.9 Å². The van der Waals surface area contributed by atoms with Gasteiger partial charge in [-0.25, -0.2) is 9.48 Å². The lowest BCUT2D eigenvalue weighted by atomic mass is 9.97. The molecular formula is C20H23BrN4O3. The second-order valence-corrected chi connectivity index (χ2v) is 8.54. The molecule has 148 valence electrons. The van der Waals surface area contributed by atoms with Crippen molar-refractivity contribution in [2.45, 2.75) is 33.9 Å². The quantitative estimate of drug-likeness (QED) is 0.561. The van der Waals surface area contributed by atoms with E-state index in [-0.39, 0.29) is 12.0 Å². The fraction of sp³-hybridized carbons (Fsp3) is 0.350. The van der Waals surface area contributed by atoms with Crippen LogP contribution in [0.4, 0.5) is 5.69 Å². The fourth-order valence-corrected chi connectivity index (χ4v) is 3.38. The number of aromatic nitrogens is 3. The van der Waals surface area contributed by atoms with E-state index >= 15 is 0 Å². The summed E-state index contributed by atoms with van der Waals surface area (Å²) in [6.45, 7) is 7.37. The van der Waals surface area contributed by atoms with E-state index in [1.54, 1.807) is 6.07 Å². The highest BCUT2D eigenvalue weighted by Crippen LogP contribution is 2.32. The predicted octanol–water partition coefficient (Wildman–Crippen LogP) is 4.32. The van der Waals surface area contributed by atoms with Crippen LogP contribution in [-0.4, -0.2) is 32.7 Å². The van der Waals surface area contributed by atoms with Crippen molar-refractivity contribution in [3.8, 4) is 5.75 Å². The zero-order chi connectivity index (χ0) is 20.3. The van der Waals surface area contributed by atoms with Crippen LogP contribution < -0.4 is 10.1 Å². The summed E-state index contributed by atoms with van der Waals surface area (Å²) in [5, 5.41) is 20.8. The number of benzene rings is 2. The first-order valence-electron chi connectivity index (χ1n) is 8.93. The molecule has 7 nitrogen and oxygen atoms in total. The number of hydrogen-bond acceptors (Lipinski definition) is 5. The highest BCUT2D eigenvalue weighted by molar-refractivity contribution is 9.10. The number of para-hydroxylation sites is 1. The van der Waals surface area contributed by atoms with E-state index in [4.69, 9.17) is 9.84 Å². The predicted molar refractivity (Wildman–Crippen MR) is 112 cm³/mol. The normalized spacial score (nSPS) is 11.6. The molecule has 28 heavy (non-hydrogen) atoms. The van der Waals surface area contributed by atoms with Crippen molar-refractivity contribution in [2.24, 2.45) is 5.41 Å². The van der Waals surface area contributed by atoms with Crippen molar-refractivity contribution in [1.29, 1.82) is 0 Å². The lowest BCUT2D eigenvalue weighted by molar-refractivity contribution is -0.139. The molecule has 2 N–H and O–H groups in total. The monoisotopic (exact) mass is 446 g/mol. The zero-order valence-electron chi connectivity index (χ0n) is 16.1. The largest absolute Gasteiger partial charge is 0.482 e. The van der Waals surface area contributed by atoms with Gasteiger partial charge in [0.05, 0.1) is 15.7 Å². The minimum atomic E-state index is -1.01. The molecule has 0 atom stereocenters. The summed E-state index contributed by atoms with van der Waals surface area (Å²) in [5.41, 5.74) is 3.61. The van der Waals surface area contributed by atoms with E-state index in [0.29, 0.717) is 12.3 Å². The Bertz CT molecular complexity index is 995. The average Bonchev–Trinajstić information content (AvgIpc) is 3.02. The molecule has 0 amide bonds. The molecule has 1 heterocycles. The number of carbonyl (C=O) groups is 1. The van der Waals surface area contributed by atoms with E-state index in [1.807, 2.05) is 35.0 Å². The topological polar surface area (TPSA) is 89.3 Å². The van der Waals surface area contributed by atoms with Crippen molar-refractivity contribution in [1.82, 2.24) is 15.0 Å². The Balaban J connectivity index is 1.79. The molecule has 0 saturated heterocycles. The van der Waals surface area contributed by atoms with Crippen molar-refractivity contribution in [2.75, 3.05) is 11.9 Å². The van der Waals surface area contributed by atoms with E-state index in [1.165, 1.54) is 0 Å². The minimum Gasteiger partial charge on any atom is -0.482 e. The first kappa shape index (κ1) is 20.1. The third kappa shape index (κ3) is 4.81. The molecule has 0 aliphatic heterocycles. The van der Waals surface area contributed by atoms with Gasteiger partial charge in [0, 0.05) is 18.7 Å². The van der Waals surface area contributed by atoms with Gasteiger partial charge in [-0.15, -0.1) is 5.10 Å². The molecule has 3 rings (SSSR count). The van der Waals surface area contributed by atoms with Crippen LogP contribution in [0.25, 0.3) is 11.0 Å². The molecule has 0 aliphatic carbocycles. The molecule has 0 aliphatic rings. The van der Waals surface area contributed by atoms with Gasteiger partial charge in [-0.3, -0.25) is 0 Å². The van der Waals surface area contributed by atoms with Crippen molar-refractivity contribution < 1.29 is 14.6 Å². The number of rotatable bonds is 7. The number of nitrogens with zero attached hydrogens (tertiary/aromatic N) is 3. The second-order valence-electron chi connectivity index (χ2n) is 7.75. The second kappa shape index (κ2) is 8.18. The van der Waals surface area contributed by atoms with Crippen LogP contribution in [0.3, 0.4) is 0 Å². The summed E-state index contributed by atoms with van der Waals surface area (Å²) in [6, 6.07) is 11.3. The number of fused-ring (bicyclic) bond motifs is 1. The van der Waals surface area contributed by atoms with Gasteiger partial charge in [-0.05, 0) is 39.5 Å². The molecule has 0 saturated carbocycles. The Morgan fingerprint density at radius 1 is 1.25 bits per heavy atom. The number of anilines is 1. The number of halogens is 1. The third-order valence-electron chi connectivity index (χ3n) is 4.04. The van der Waals surface area contributed by atoms with E-state index < -0.39 is 5.97 Å². The summed E-state index contributed by atoms with van der Waals surface area (Å²) < 4.78 is 8.12. The van der Waals surface area contributed by atoms with Crippen LogP contribution in [0.15, 0.2) is 40.9 Å². The molecule has 0 unspecified atom stereocenters. The van der Waals surface area contributed by atoms with Crippen LogP contribution in [0, 0.1) is 5.41 Å². The number of hydrogen-bond donors (Lipinski definition) is 2. The molecular weight excluding hydrogens is 424 g/mol. The molecule has 0 bridgehead atoms. The number of nitrogens with one attached hydrogen (secondary N) is 1. The van der Waals surface area contributed by atoms with Gasteiger partial charge in [0.25, 0.3) is 0 Å². The zero-order valence-corrected chi connectivity index (χ0v) is 17.7. The first-order valence-corrected chi connectivity index (χ1v) is 9.72. The SMILES string of the molecule is CC(C)(C)Cn1nnc2c(Br)c(NCc3ccccc3OCC(=O)O)ccc21. The van der Waals surface area contributed by atoms with Gasteiger partial charge >= 0.3 is 5.97 Å². The highest BCUT2D eigenvalue weighted by atomic mass is 79.9. The summed E-state index contributed by atoms with van der Waals surface area (Å²) in [7, 11) is 0. The average molecular weight is 447 g/mol. The number of ether oxygens (including phenoxy) is 1. The summed E-state index contributed by atoms with van der Waals surface area (Å²) in [5.74, 6) is -0.458. The maximum atomic E-state index is 10.8. The maximum absolute atomic E-state index is 10.8. The minimum absolute atomic E-state index is 0.101. The van der Waals surface area contributed by atoms with E-state index in [0.717, 1.165) is 33.3 Å². The smallest absolute Gasteiger partial charge is 0.341 e. The van der Waals surface area contributed by atoms with Crippen LogP contribution in [0.2, 0.25) is 0 Å². The van der Waals surface area contributed by atoms with Gasteiger partial charge < -0.3 is 15.2 Å². The molecule has 2 aromatic carbocycles. The fourth-order valence-electron chi connectivity index (χ4n) is 2.83. The van der Waals surface area contributed by atoms with Crippen molar-refractivity contribution in [3.05, 3.63) is 46.4 Å². The standard InChI is InChI=1S/C20H23BrN4O3/c1-20(2,3)12-25-15-9-8-14(18(21)19(15)23-24-25)22-10-13-6-4-5-7-16(13)28-11-17(26)27/h4-9,22H,10-12H2,1-3H3,(H,26,27). The van der Waals surface area contributed by atoms with E-state index in [9.17, 15) is 4.79 Å². The van der Waals surface area contributed by atoms with Crippen LogP contribution in [0.1, 0.15) is 26.3 Å². The molecule has 0 fully saturated rings. The maximum Gasteiger partial charge on any atom is 0.341 e. The van der Waals surface area contributed by atoms with Gasteiger partial charge in [0.2, 0.25) is 0 Å². The number of carboxylic acids is 1. The lowest BCUT2D eigenvalue weighted by Crippen LogP contribution is -2.16. The van der Waals surface area contributed by atoms with Gasteiger partial charge in [0.1, 0.15) is 11.3 Å². The molecule has 0 spiro atoms. The van der Waals surface area contributed by atoms with Gasteiger partial charge in [-0.1, -0.05) is 44.2 Å². The van der Waals surface area contributed by atoms with Gasteiger partial charge in [-0.2, -0.15) is 0 Å². The Hall–Kier alpha value is -2.61. The number of carboxylic acid groups (broad SMARTS) is 1. The van der Waals surface area contributed by atoms with Crippen molar-refractivity contribution >= 4 is 38.6 Å². The number of aliphatic carboxylic acids is 1. The van der Waals surface area contributed by atoms with Crippen LogP contribution in [0.5, 0.6) is 5.75 Å². The van der Waals surface area contributed by atoms with E-state index in [2.05, 4.69) is 52.3 Å². The summed E-state index contributed by atoms with van der Waals surface area (Å²) >= 11 is 3.63. The Morgan fingerprint density at radius 2 is 2.00 bits per heavy atom. The molecule has 3 aromatic rings. The van der Waals surface area contributed by atoms with Gasteiger partial charge in [0.15, 0.2) is 6.61 Å². The lowest BCUT2D eigenvalue weighted by Gasteiger charge is -2.18. The third-order valence-corrected chi connectivity index (χ3v) is 4.85. The first-order chi connectivity index (χ1) is 13.2.